The lowest BCUT2D eigenvalue weighted by atomic mass is 10.0. The van der Waals surface area contributed by atoms with Crippen molar-refractivity contribution >= 4 is 39.4 Å². The quantitative estimate of drug-likeness (QED) is 0.520. The van der Waals surface area contributed by atoms with Crippen LogP contribution in [0.15, 0.2) is 41.0 Å². The number of rotatable bonds is 7. The third-order valence-corrected chi connectivity index (χ3v) is 4.44. The lowest BCUT2D eigenvalue weighted by Crippen LogP contribution is -2.31. The van der Waals surface area contributed by atoms with Crippen LogP contribution in [-0.4, -0.2) is 30.6 Å². The van der Waals surface area contributed by atoms with Crippen molar-refractivity contribution in [2.75, 3.05) is 13.7 Å². The lowest BCUT2D eigenvalue weighted by Gasteiger charge is -2.19. The number of pyridine rings is 1. The molecule has 0 aliphatic carbocycles. The number of carbonyl (C=O) groups excluding carboxylic acids is 2. The van der Waals surface area contributed by atoms with E-state index in [1.54, 1.807) is 37.3 Å². The molecular weight excluding hydrogens is 424 g/mol. The minimum Gasteiger partial charge on any atom is -0.494 e. The number of benzene rings is 1. The van der Waals surface area contributed by atoms with Crippen molar-refractivity contribution in [2.45, 2.75) is 19.4 Å². The van der Waals surface area contributed by atoms with Crippen LogP contribution in [0.3, 0.4) is 0 Å². The van der Waals surface area contributed by atoms with Crippen molar-refractivity contribution < 1.29 is 19.1 Å². The van der Waals surface area contributed by atoms with Gasteiger partial charge in [0.2, 0.25) is 0 Å². The molecule has 2 aromatic rings. The third kappa shape index (κ3) is 5.19. The van der Waals surface area contributed by atoms with E-state index in [9.17, 15) is 9.59 Å². The van der Waals surface area contributed by atoms with Gasteiger partial charge in [-0.3, -0.25) is 9.59 Å². The summed E-state index contributed by atoms with van der Waals surface area (Å²) < 4.78 is 10.5. The first-order valence-corrected chi connectivity index (χ1v) is 9.04. The second-order valence-corrected chi connectivity index (χ2v) is 6.40. The number of methoxy groups -OCH3 is 1. The number of halogens is 2. The number of hydrogen-bond acceptors (Lipinski definition) is 5. The van der Waals surface area contributed by atoms with Crippen LogP contribution in [0.5, 0.6) is 5.75 Å². The molecule has 0 saturated heterocycles. The van der Waals surface area contributed by atoms with Gasteiger partial charge in [-0.1, -0.05) is 29.8 Å². The molecule has 0 fully saturated rings. The molecule has 1 aromatic carbocycles. The van der Waals surface area contributed by atoms with Gasteiger partial charge in [0.05, 0.1) is 26.2 Å². The van der Waals surface area contributed by atoms with Crippen molar-refractivity contribution in [1.29, 1.82) is 0 Å². The van der Waals surface area contributed by atoms with Crippen LogP contribution < -0.4 is 10.1 Å². The first-order valence-electron chi connectivity index (χ1n) is 7.87. The van der Waals surface area contributed by atoms with Crippen LogP contribution in [0.1, 0.15) is 35.4 Å². The molecular formula is C18H18BrClN2O4. The number of nitrogens with one attached hydrogen (secondary N) is 1. The average Bonchev–Trinajstić information content (AvgIpc) is 2.61. The highest BCUT2D eigenvalue weighted by atomic mass is 79.9. The zero-order valence-electron chi connectivity index (χ0n) is 14.3. The summed E-state index contributed by atoms with van der Waals surface area (Å²) in [5.41, 5.74) is 0.807. The Hall–Kier alpha value is -2.12. The summed E-state index contributed by atoms with van der Waals surface area (Å²) in [6.07, 6.45) is -0.0410. The van der Waals surface area contributed by atoms with Gasteiger partial charge in [0.1, 0.15) is 10.3 Å². The first kappa shape index (κ1) is 20.2. The molecule has 0 saturated carbocycles. The molecule has 0 radical (unpaired) electrons. The molecule has 0 unspecified atom stereocenters. The molecule has 0 aliphatic heterocycles. The van der Waals surface area contributed by atoms with Gasteiger partial charge < -0.3 is 14.8 Å². The van der Waals surface area contributed by atoms with Gasteiger partial charge in [-0.2, -0.15) is 0 Å². The summed E-state index contributed by atoms with van der Waals surface area (Å²) >= 11 is 9.48. The van der Waals surface area contributed by atoms with E-state index >= 15 is 0 Å². The Morgan fingerprint density at radius 1 is 1.27 bits per heavy atom. The van der Waals surface area contributed by atoms with Crippen LogP contribution in [0, 0.1) is 0 Å². The fraction of sp³-hybridized carbons (Fsp3) is 0.278. The summed E-state index contributed by atoms with van der Waals surface area (Å²) in [6.45, 7) is 1.98. The Kier molecular flexibility index (Phi) is 7.41. The Labute approximate surface area is 165 Å². The van der Waals surface area contributed by atoms with Crippen molar-refractivity contribution in [3.05, 3.63) is 57.3 Å². The summed E-state index contributed by atoms with van der Waals surface area (Å²) in [5.74, 6) is -0.361. The van der Waals surface area contributed by atoms with E-state index in [-0.39, 0.29) is 18.7 Å². The second kappa shape index (κ2) is 9.54. The first-order chi connectivity index (χ1) is 12.5. The molecule has 1 aromatic heterocycles. The maximum Gasteiger partial charge on any atom is 0.308 e. The summed E-state index contributed by atoms with van der Waals surface area (Å²) in [7, 11) is 1.51. The van der Waals surface area contributed by atoms with Crippen LogP contribution in [-0.2, 0) is 9.53 Å². The van der Waals surface area contributed by atoms with E-state index in [1.807, 2.05) is 0 Å². The van der Waals surface area contributed by atoms with Gasteiger partial charge in [-0.15, -0.1) is 0 Å². The monoisotopic (exact) mass is 440 g/mol. The average molecular weight is 442 g/mol. The normalized spacial score (nSPS) is 11.5. The second-order valence-electron chi connectivity index (χ2n) is 5.25. The molecule has 0 aliphatic rings. The van der Waals surface area contributed by atoms with E-state index in [0.717, 1.165) is 0 Å². The van der Waals surface area contributed by atoms with Gasteiger partial charge in [0.15, 0.2) is 5.75 Å². The molecule has 6 nitrogen and oxygen atoms in total. The van der Waals surface area contributed by atoms with Crippen molar-refractivity contribution in [3.63, 3.8) is 0 Å². The van der Waals surface area contributed by atoms with Crippen LogP contribution in [0.4, 0.5) is 0 Å². The van der Waals surface area contributed by atoms with Gasteiger partial charge >= 0.3 is 5.97 Å². The van der Waals surface area contributed by atoms with E-state index in [0.29, 0.717) is 20.9 Å². The summed E-state index contributed by atoms with van der Waals surface area (Å²) in [6, 6.07) is 9.53. The Morgan fingerprint density at radius 2 is 2.00 bits per heavy atom. The predicted octanol–water partition coefficient (Wildman–Crippen LogP) is 3.93. The summed E-state index contributed by atoms with van der Waals surface area (Å²) in [4.78, 5) is 28.7. The minimum absolute atomic E-state index is 0.0410. The molecule has 1 amide bonds. The highest BCUT2D eigenvalue weighted by molar-refractivity contribution is 9.10. The Balaban J connectivity index is 2.25. The van der Waals surface area contributed by atoms with E-state index in [2.05, 4.69) is 26.2 Å². The van der Waals surface area contributed by atoms with E-state index < -0.39 is 17.9 Å². The zero-order chi connectivity index (χ0) is 19.1. The van der Waals surface area contributed by atoms with Crippen LogP contribution >= 0.6 is 27.5 Å². The van der Waals surface area contributed by atoms with Gasteiger partial charge in [-0.25, -0.2) is 4.98 Å². The molecule has 8 heteroatoms. The molecule has 1 heterocycles. The topological polar surface area (TPSA) is 77.5 Å². The number of hydrogen-bond donors (Lipinski definition) is 1. The largest absolute Gasteiger partial charge is 0.494 e. The lowest BCUT2D eigenvalue weighted by molar-refractivity contribution is -0.143. The number of esters is 1. The fourth-order valence-electron chi connectivity index (χ4n) is 2.32. The highest BCUT2D eigenvalue weighted by Crippen LogP contribution is 2.27. The van der Waals surface area contributed by atoms with Crippen LogP contribution in [0.25, 0.3) is 0 Å². The number of amides is 1. The minimum atomic E-state index is -0.641. The highest BCUT2D eigenvalue weighted by Gasteiger charge is 2.23. The Bertz CT molecular complexity index is 801. The van der Waals surface area contributed by atoms with Gasteiger partial charge in [0.25, 0.3) is 5.91 Å². The van der Waals surface area contributed by atoms with Crippen molar-refractivity contribution in [3.8, 4) is 5.75 Å². The molecule has 26 heavy (non-hydrogen) atoms. The fourth-order valence-corrected chi connectivity index (χ4v) is 3.07. The number of aromatic nitrogens is 1. The number of ether oxygens (including phenoxy) is 2. The standard InChI is InChI=1S/C18H18BrClN2O4/c1-3-26-16(23)10-14(11-6-4-5-7-12(11)20)22-18(24)13-8-9-15(25-2)17(19)21-13/h4-9,14H,3,10H2,1-2H3,(H,22,24)/t14-/m0/s1. The Morgan fingerprint density at radius 3 is 2.62 bits per heavy atom. The third-order valence-electron chi connectivity index (χ3n) is 3.53. The molecule has 1 atom stereocenters. The van der Waals surface area contributed by atoms with Crippen molar-refractivity contribution in [1.82, 2.24) is 10.3 Å². The number of carbonyl (C=O) groups is 2. The smallest absolute Gasteiger partial charge is 0.308 e. The maximum atomic E-state index is 12.6. The molecule has 138 valence electrons. The summed E-state index contributed by atoms with van der Waals surface area (Å²) in [5, 5.41) is 3.25. The molecule has 1 N–H and O–H groups in total. The molecule has 0 bridgehead atoms. The van der Waals surface area contributed by atoms with E-state index in [1.165, 1.54) is 13.2 Å². The van der Waals surface area contributed by atoms with Gasteiger partial charge in [0, 0.05) is 5.02 Å². The molecule has 2 rings (SSSR count). The maximum absolute atomic E-state index is 12.6. The predicted molar refractivity (Wildman–Crippen MR) is 101 cm³/mol. The zero-order valence-corrected chi connectivity index (χ0v) is 16.6. The van der Waals surface area contributed by atoms with E-state index in [4.69, 9.17) is 21.1 Å². The van der Waals surface area contributed by atoms with Gasteiger partial charge in [-0.05, 0) is 46.6 Å². The SMILES string of the molecule is CCOC(=O)C[C@H](NC(=O)c1ccc(OC)c(Br)n1)c1ccccc1Cl. The van der Waals surface area contributed by atoms with Crippen LogP contribution in [0.2, 0.25) is 5.02 Å². The number of nitrogens with zero attached hydrogens (tertiary/aromatic N) is 1. The molecule has 0 spiro atoms. The van der Waals surface area contributed by atoms with Crippen molar-refractivity contribution in [2.24, 2.45) is 0 Å².